The third-order valence-corrected chi connectivity index (χ3v) is 3.46. The maximum Gasteiger partial charge on any atom is 0.325 e. The van der Waals surface area contributed by atoms with Crippen molar-refractivity contribution in [3.63, 3.8) is 0 Å². The number of nitrogen functional groups attached to an aromatic ring is 1. The van der Waals surface area contributed by atoms with Crippen molar-refractivity contribution in [3.05, 3.63) is 54.2 Å². The number of rotatable bonds is 2. The molecule has 3 heterocycles. The van der Waals surface area contributed by atoms with Crippen LogP contribution in [0, 0.1) is 0 Å². The molecule has 0 amide bonds. The number of nitrogens with two attached hydrogens (primary N) is 1. The molecule has 0 spiro atoms. The Morgan fingerprint density at radius 2 is 2.05 bits per heavy atom. The van der Waals surface area contributed by atoms with Crippen molar-refractivity contribution in [1.82, 2.24) is 24.8 Å². The minimum absolute atomic E-state index is 0.115. The van der Waals surface area contributed by atoms with Crippen LogP contribution in [0.1, 0.15) is 16.8 Å². The summed E-state index contributed by atoms with van der Waals surface area (Å²) in [7, 11) is 0. The first-order valence-corrected chi connectivity index (χ1v) is 6.43. The Labute approximate surface area is 117 Å². The fraction of sp³-hybridized carbons (Fsp3) is 0.333. The molecule has 0 bridgehead atoms. The van der Waals surface area contributed by atoms with E-state index < -0.39 is 11.2 Å². The van der Waals surface area contributed by atoms with Gasteiger partial charge in [-0.2, -0.15) is 0 Å². The standard InChI is InChI=1S/C12H14N6O3/c13-11-15-8-1-2-18(5-7(8)10(20)16-11)4-6-3-14-12(21)17-9(6)19/h3H,1-2,4-5H2,(H3,13,15,16,20)(H2,14,17,19,21). The van der Waals surface area contributed by atoms with Gasteiger partial charge in [0.15, 0.2) is 0 Å². The first kappa shape index (κ1) is 13.3. The van der Waals surface area contributed by atoms with Gasteiger partial charge in [-0.3, -0.25) is 24.5 Å². The smallest absolute Gasteiger partial charge is 0.325 e. The average molecular weight is 290 g/mol. The summed E-state index contributed by atoms with van der Waals surface area (Å²) in [6.45, 7) is 1.38. The monoisotopic (exact) mass is 290 g/mol. The lowest BCUT2D eigenvalue weighted by molar-refractivity contribution is 0.240. The average Bonchev–Trinajstić information content (AvgIpc) is 2.42. The maximum absolute atomic E-state index is 11.9. The molecular weight excluding hydrogens is 276 g/mol. The van der Waals surface area contributed by atoms with Gasteiger partial charge in [0, 0.05) is 37.8 Å². The number of nitrogens with zero attached hydrogens (tertiary/aromatic N) is 2. The Hall–Kier alpha value is -2.68. The molecule has 2 aromatic rings. The first-order valence-electron chi connectivity index (χ1n) is 6.43. The Kier molecular flexibility index (Phi) is 3.18. The summed E-state index contributed by atoms with van der Waals surface area (Å²) in [6.07, 6.45) is 1.98. The van der Waals surface area contributed by atoms with Crippen molar-refractivity contribution in [1.29, 1.82) is 0 Å². The molecule has 1 aliphatic heterocycles. The van der Waals surface area contributed by atoms with Gasteiger partial charge in [-0.15, -0.1) is 0 Å². The summed E-state index contributed by atoms with van der Waals surface area (Å²) < 4.78 is 0. The van der Waals surface area contributed by atoms with Gasteiger partial charge < -0.3 is 10.7 Å². The van der Waals surface area contributed by atoms with Gasteiger partial charge >= 0.3 is 5.69 Å². The minimum Gasteiger partial charge on any atom is -0.369 e. The molecule has 0 aromatic carbocycles. The van der Waals surface area contributed by atoms with Crippen LogP contribution in [0.5, 0.6) is 0 Å². The lowest BCUT2D eigenvalue weighted by atomic mass is 10.1. The van der Waals surface area contributed by atoms with Crippen molar-refractivity contribution in [2.24, 2.45) is 0 Å². The largest absolute Gasteiger partial charge is 0.369 e. The highest BCUT2D eigenvalue weighted by Crippen LogP contribution is 2.15. The Balaban J connectivity index is 1.85. The summed E-state index contributed by atoms with van der Waals surface area (Å²) in [4.78, 5) is 47.7. The summed E-state index contributed by atoms with van der Waals surface area (Å²) in [6, 6.07) is 0. The molecule has 0 atom stereocenters. The van der Waals surface area contributed by atoms with E-state index in [4.69, 9.17) is 5.73 Å². The molecule has 1 aliphatic rings. The van der Waals surface area contributed by atoms with Crippen molar-refractivity contribution in [2.45, 2.75) is 19.5 Å². The van der Waals surface area contributed by atoms with E-state index in [1.807, 2.05) is 4.90 Å². The van der Waals surface area contributed by atoms with Crippen LogP contribution in [0.4, 0.5) is 5.95 Å². The molecule has 9 nitrogen and oxygen atoms in total. The van der Waals surface area contributed by atoms with Crippen molar-refractivity contribution in [3.8, 4) is 0 Å². The van der Waals surface area contributed by atoms with Gasteiger partial charge in [-0.05, 0) is 0 Å². The van der Waals surface area contributed by atoms with Crippen LogP contribution in [-0.4, -0.2) is 31.4 Å². The van der Waals surface area contributed by atoms with E-state index >= 15 is 0 Å². The quantitative estimate of drug-likeness (QED) is 0.519. The Morgan fingerprint density at radius 1 is 1.24 bits per heavy atom. The predicted molar refractivity (Wildman–Crippen MR) is 74.8 cm³/mol. The number of aromatic amines is 3. The summed E-state index contributed by atoms with van der Waals surface area (Å²) >= 11 is 0. The number of hydrogen-bond acceptors (Lipinski definition) is 6. The molecule has 0 fully saturated rings. The molecule has 0 aliphatic carbocycles. The molecule has 21 heavy (non-hydrogen) atoms. The van der Waals surface area contributed by atoms with Crippen molar-refractivity contribution < 1.29 is 0 Å². The zero-order chi connectivity index (χ0) is 15.0. The van der Waals surface area contributed by atoms with E-state index in [9.17, 15) is 14.4 Å². The van der Waals surface area contributed by atoms with E-state index in [0.717, 1.165) is 0 Å². The normalized spacial score (nSPS) is 14.9. The summed E-state index contributed by atoms with van der Waals surface area (Å²) in [5, 5.41) is 0. The molecule has 3 rings (SSSR count). The first-order chi connectivity index (χ1) is 10.0. The molecule has 5 N–H and O–H groups in total. The number of aromatic nitrogens is 4. The van der Waals surface area contributed by atoms with Gasteiger partial charge in [0.2, 0.25) is 5.95 Å². The maximum atomic E-state index is 11.9. The SMILES string of the molecule is Nc1nc2c(c(=O)[nH]1)CN(Cc1c[nH]c(=O)[nH]c1=O)CC2. The highest BCUT2D eigenvalue weighted by atomic mass is 16.2. The van der Waals surface area contributed by atoms with Crippen molar-refractivity contribution >= 4 is 5.95 Å². The number of H-pyrrole nitrogens is 3. The fourth-order valence-corrected chi connectivity index (χ4v) is 2.43. The Bertz CT molecular complexity index is 849. The van der Waals surface area contributed by atoms with E-state index in [2.05, 4.69) is 19.9 Å². The van der Waals surface area contributed by atoms with Gasteiger partial charge in [0.05, 0.1) is 11.3 Å². The highest BCUT2D eigenvalue weighted by Gasteiger charge is 2.21. The van der Waals surface area contributed by atoms with Crippen LogP contribution >= 0.6 is 0 Å². The van der Waals surface area contributed by atoms with Gasteiger partial charge in [0.1, 0.15) is 0 Å². The third-order valence-electron chi connectivity index (χ3n) is 3.46. The van der Waals surface area contributed by atoms with Gasteiger partial charge in [-0.1, -0.05) is 0 Å². The van der Waals surface area contributed by atoms with E-state index in [0.29, 0.717) is 42.9 Å². The molecule has 0 radical (unpaired) electrons. The van der Waals surface area contributed by atoms with Crippen LogP contribution in [0.25, 0.3) is 0 Å². The number of hydrogen-bond donors (Lipinski definition) is 4. The second-order valence-electron chi connectivity index (χ2n) is 4.93. The second kappa shape index (κ2) is 5.02. The highest BCUT2D eigenvalue weighted by molar-refractivity contribution is 5.27. The fourth-order valence-electron chi connectivity index (χ4n) is 2.43. The lowest BCUT2D eigenvalue weighted by Gasteiger charge is -2.27. The lowest BCUT2D eigenvalue weighted by Crippen LogP contribution is -2.37. The van der Waals surface area contributed by atoms with Crippen LogP contribution in [0.3, 0.4) is 0 Å². The molecule has 2 aromatic heterocycles. The topological polar surface area (TPSA) is 141 Å². The number of anilines is 1. The zero-order valence-corrected chi connectivity index (χ0v) is 11.1. The molecule has 9 heteroatoms. The molecular formula is C12H14N6O3. The summed E-state index contributed by atoms with van der Waals surface area (Å²) in [5.74, 6) is 0.115. The Morgan fingerprint density at radius 3 is 2.81 bits per heavy atom. The molecule has 0 unspecified atom stereocenters. The number of nitrogens with one attached hydrogen (secondary N) is 3. The van der Waals surface area contributed by atoms with Crippen molar-refractivity contribution in [2.75, 3.05) is 12.3 Å². The van der Waals surface area contributed by atoms with Gasteiger partial charge in [0.25, 0.3) is 11.1 Å². The van der Waals surface area contributed by atoms with E-state index in [1.165, 1.54) is 6.20 Å². The van der Waals surface area contributed by atoms with Crippen LogP contribution < -0.4 is 22.5 Å². The zero-order valence-electron chi connectivity index (χ0n) is 11.1. The minimum atomic E-state index is -0.538. The number of fused-ring (bicyclic) bond motifs is 1. The van der Waals surface area contributed by atoms with Crippen LogP contribution in [-0.2, 0) is 19.5 Å². The third kappa shape index (κ3) is 2.63. The van der Waals surface area contributed by atoms with Crippen LogP contribution in [0.2, 0.25) is 0 Å². The molecule has 0 saturated carbocycles. The van der Waals surface area contributed by atoms with Gasteiger partial charge in [-0.25, -0.2) is 9.78 Å². The molecule has 110 valence electrons. The predicted octanol–water partition coefficient (Wildman–Crippen LogP) is -1.71. The van der Waals surface area contributed by atoms with Crippen LogP contribution in [0.15, 0.2) is 20.6 Å². The van der Waals surface area contributed by atoms with E-state index in [1.54, 1.807) is 0 Å². The second-order valence-corrected chi connectivity index (χ2v) is 4.93. The molecule has 0 saturated heterocycles. The van der Waals surface area contributed by atoms with E-state index in [-0.39, 0.29) is 11.5 Å². The summed E-state index contributed by atoms with van der Waals surface area (Å²) in [5.41, 5.74) is 6.01.